The van der Waals surface area contributed by atoms with Crippen LogP contribution in [0.3, 0.4) is 0 Å². The lowest BCUT2D eigenvalue weighted by atomic mass is 10.0. The normalized spacial score (nSPS) is 20.9. The van der Waals surface area contributed by atoms with Gasteiger partial charge in [-0.15, -0.1) is 0 Å². The Morgan fingerprint density at radius 2 is 1.81 bits per heavy atom. The second-order valence-electron chi connectivity index (χ2n) is 7.83. The predicted molar refractivity (Wildman–Crippen MR) is 106 cm³/mol. The number of aromatic amines is 1. The summed E-state index contributed by atoms with van der Waals surface area (Å²) in [7, 11) is 0. The van der Waals surface area contributed by atoms with Crippen LogP contribution in [0, 0.1) is 12.3 Å². The van der Waals surface area contributed by atoms with Gasteiger partial charge in [-0.3, -0.25) is 5.32 Å². The first-order valence-electron chi connectivity index (χ1n) is 8.69. The van der Waals surface area contributed by atoms with E-state index in [0.29, 0.717) is 16.0 Å². The fourth-order valence-electron chi connectivity index (χ4n) is 3.77. The summed E-state index contributed by atoms with van der Waals surface area (Å²) >= 11 is 12.4. The Bertz CT molecular complexity index is 824. The van der Waals surface area contributed by atoms with Crippen molar-refractivity contribution in [3.63, 3.8) is 0 Å². The van der Waals surface area contributed by atoms with Gasteiger partial charge in [0.2, 0.25) is 5.95 Å². The van der Waals surface area contributed by atoms with E-state index < -0.39 is 0 Å². The van der Waals surface area contributed by atoms with E-state index in [0.717, 1.165) is 17.0 Å². The third-order valence-corrected chi connectivity index (χ3v) is 5.38. The summed E-state index contributed by atoms with van der Waals surface area (Å²) in [5, 5.41) is 6.83. The van der Waals surface area contributed by atoms with Gasteiger partial charge in [-0.05, 0) is 55.9 Å². The van der Waals surface area contributed by atoms with Gasteiger partial charge in [0.1, 0.15) is 0 Å². The number of rotatable bonds is 4. The van der Waals surface area contributed by atoms with Crippen molar-refractivity contribution in [2.24, 2.45) is 5.41 Å². The van der Waals surface area contributed by atoms with Crippen LogP contribution in [0.1, 0.15) is 56.5 Å². The summed E-state index contributed by atoms with van der Waals surface area (Å²) in [6.07, 6.45) is 0. The van der Waals surface area contributed by atoms with Crippen molar-refractivity contribution < 1.29 is 4.79 Å². The Morgan fingerprint density at radius 3 is 2.38 bits per heavy atom. The number of amides is 2. The Morgan fingerprint density at radius 1 is 1.19 bits per heavy atom. The fraction of sp³-hybridized carbons (Fsp3) is 0.474. The zero-order valence-corrected chi connectivity index (χ0v) is 17.1. The predicted octanol–water partition coefficient (Wildman–Crippen LogP) is 5.46. The Hall–Kier alpha value is -1.72. The van der Waals surface area contributed by atoms with E-state index in [1.165, 1.54) is 0 Å². The second-order valence-corrected chi connectivity index (χ2v) is 8.70. The molecular formula is C19H24Cl2N4O. The molecule has 3 N–H and O–H groups in total. The molecule has 7 heteroatoms. The van der Waals surface area contributed by atoms with Gasteiger partial charge in [0.15, 0.2) is 0 Å². The number of imidazole rings is 1. The van der Waals surface area contributed by atoms with Crippen LogP contribution in [-0.4, -0.2) is 22.0 Å². The maximum Gasteiger partial charge on any atom is 0.321 e. The number of carbonyl (C=O) groups is 1. The quantitative estimate of drug-likeness (QED) is 0.643. The van der Waals surface area contributed by atoms with Gasteiger partial charge >= 0.3 is 6.03 Å². The first-order valence-corrected chi connectivity index (χ1v) is 9.45. The van der Waals surface area contributed by atoms with E-state index in [-0.39, 0.29) is 29.3 Å². The summed E-state index contributed by atoms with van der Waals surface area (Å²) in [6, 6.07) is 5.47. The Balaban J connectivity index is 1.84. The van der Waals surface area contributed by atoms with Crippen LogP contribution in [0.2, 0.25) is 10.0 Å². The summed E-state index contributed by atoms with van der Waals surface area (Å²) < 4.78 is 0. The summed E-state index contributed by atoms with van der Waals surface area (Å²) in [6.45, 7) is 10.2. The summed E-state index contributed by atoms with van der Waals surface area (Å²) in [5.41, 5.74) is 3.08. The van der Waals surface area contributed by atoms with E-state index in [4.69, 9.17) is 23.2 Å². The molecule has 5 nitrogen and oxygen atoms in total. The lowest BCUT2D eigenvalue weighted by molar-refractivity contribution is 0.250. The maximum absolute atomic E-state index is 11.9. The molecule has 1 saturated carbocycles. The zero-order valence-electron chi connectivity index (χ0n) is 15.6. The number of halogens is 2. The number of hydrogen-bond acceptors (Lipinski definition) is 2. The highest BCUT2D eigenvalue weighted by Crippen LogP contribution is 2.70. The third kappa shape index (κ3) is 3.69. The van der Waals surface area contributed by atoms with Crippen LogP contribution >= 0.6 is 23.2 Å². The molecule has 1 aromatic heterocycles. The number of anilines is 1. The van der Waals surface area contributed by atoms with Gasteiger partial charge in [-0.2, -0.15) is 0 Å². The monoisotopic (exact) mass is 394 g/mol. The van der Waals surface area contributed by atoms with Gasteiger partial charge in [0, 0.05) is 27.7 Å². The number of hydrogen-bond donors (Lipinski definition) is 3. The van der Waals surface area contributed by atoms with Crippen LogP contribution in [0.25, 0.3) is 0 Å². The van der Waals surface area contributed by atoms with Crippen molar-refractivity contribution in [2.45, 2.75) is 52.5 Å². The van der Waals surface area contributed by atoms with Crippen LogP contribution < -0.4 is 10.6 Å². The minimum atomic E-state index is -0.270. The number of aromatic nitrogens is 2. The van der Waals surface area contributed by atoms with Crippen LogP contribution in [0.4, 0.5) is 10.7 Å². The van der Waals surface area contributed by atoms with Gasteiger partial charge in [-0.25, -0.2) is 9.78 Å². The number of carbonyl (C=O) groups excluding carboxylic acids is 1. The average molecular weight is 395 g/mol. The van der Waals surface area contributed by atoms with Crippen molar-refractivity contribution in [3.05, 3.63) is 45.2 Å². The molecule has 0 spiro atoms. The molecule has 2 amide bonds. The Labute approximate surface area is 163 Å². The second kappa shape index (κ2) is 6.78. The molecule has 1 heterocycles. The van der Waals surface area contributed by atoms with Crippen molar-refractivity contribution in [2.75, 3.05) is 5.32 Å². The minimum Gasteiger partial charge on any atom is -0.336 e. The molecule has 2 aromatic rings. The summed E-state index contributed by atoms with van der Waals surface area (Å²) in [5.74, 6) is 0.969. The zero-order chi connectivity index (χ0) is 19.2. The van der Waals surface area contributed by atoms with Gasteiger partial charge in [0.25, 0.3) is 0 Å². The smallest absolute Gasteiger partial charge is 0.321 e. The number of nitrogens with zero attached hydrogens (tertiary/aromatic N) is 1. The number of H-pyrrole nitrogens is 1. The summed E-state index contributed by atoms with van der Waals surface area (Å²) in [4.78, 5) is 19.7. The number of benzene rings is 1. The van der Waals surface area contributed by atoms with Gasteiger partial charge < -0.3 is 10.3 Å². The Kier molecular flexibility index (Phi) is 4.97. The van der Waals surface area contributed by atoms with Gasteiger partial charge in [-0.1, -0.05) is 37.0 Å². The van der Waals surface area contributed by atoms with Crippen molar-refractivity contribution in [1.29, 1.82) is 0 Å². The molecule has 26 heavy (non-hydrogen) atoms. The molecule has 140 valence electrons. The maximum atomic E-state index is 11.9. The van der Waals surface area contributed by atoms with E-state index >= 15 is 0 Å². The van der Waals surface area contributed by atoms with Crippen molar-refractivity contribution >= 4 is 35.2 Å². The van der Waals surface area contributed by atoms with Gasteiger partial charge in [0.05, 0.1) is 5.69 Å². The van der Waals surface area contributed by atoms with E-state index in [9.17, 15) is 4.79 Å². The fourth-order valence-corrected chi connectivity index (χ4v) is 4.31. The molecule has 1 aliphatic rings. The average Bonchev–Trinajstić information content (AvgIpc) is 2.85. The molecule has 3 rings (SSSR count). The lowest BCUT2D eigenvalue weighted by Crippen LogP contribution is -2.34. The third-order valence-electron chi connectivity index (χ3n) is 4.94. The van der Waals surface area contributed by atoms with E-state index in [2.05, 4.69) is 34.4 Å². The van der Waals surface area contributed by atoms with Crippen molar-refractivity contribution in [3.8, 4) is 0 Å². The molecule has 2 unspecified atom stereocenters. The first kappa shape index (κ1) is 19.1. The number of aryl methyl sites for hydroxylation is 1. The highest BCUT2D eigenvalue weighted by atomic mass is 35.5. The topological polar surface area (TPSA) is 69.8 Å². The molecule has 1 aliphatic carbocycles. The molecule has 0 bridgehead atoms. The molecule has 0 saturated heterocycles. The molecular weight excluding hydrogens is 371 g/mol. The van der Waals surface area contributed by atoms with E-state index in [1.54, 1.807) is 6.07 Å². The largest absolute Gasteiger partial charge is 0.336 e. The molecule has 0 radical (unpaired) electrons. The molecule has 0 aliphatic heterocycles. The van der Waals surface area contributed by atoms with Crippen molar-refractivity contribution in [1.82, 2.24) is 15.3 Å². The number of urea groups is 1. The van der Waals surface area contributed by atoms with Crippen LogP contribution in [0.15, 0.2) is 18.2 Å². The van der Waals surface area contributed by atoms with Crippen LogP contribution in [0.5, 0.6) is 0 Å². The van der Waals surface area contributed by atoms with Crippen LogP contribution in [-0.2, 0) is 0 Å². The molecule has 2 atom stereocenters. The van der Waals surface area contributed by atoms with E-state index in [1.807, 2.05) is 32.9 Å². The standard InChI is InChI=1S/C19H24Cl2N4O/c1-9(2)22-18(26)25-17-23-10(3)16(24-17)15-14(19(15,4)5)11-6-12(20)8-13(21)7-11/h6-9,14-15H,1-5H3,(H3,22,23,24,25,26). The number of nitrogens with one attached hydrogen (secondary N) is 3. The molecule has 1 aromatic carbocycles. The highest BCUT2D eigenvalue weighted by Gasteiger charge is 2.60. The molecule has 1 fully saturated rings. The first-order chi connectivity index (χ1) is 12.1. The SMILES string of the molecule is Cc1[nH]c(NC(=O)NC(C)C)nc1C1C(c2cc(Cl)cc(Cl)c2)C1(C)C. The highest BCUT2D eigenvalue weighted by molar-refractivity contribution is 6.34. The lowest BCUT2D eigenvalue weighted by Gasteiger charge is -2.07. The minimum absolute atomic E-state index is 0.0332.